The number of halogens is 1. The van der Waals surface area contributed by atoms with Crippen LogP contribution in [0.4, 0.5) is 5.82 Å². The summed E-state index contributed by atoms with van der Waals surface area (Å²) in [5.41, 5.74) is 6.67. The molecule has 3 rings (SSSR count). The van der Waals surface area contributed by atoms with E-state index in [-0.39, 0.29) is 35.8 Å². The zero-order valence-corrected chi connectivity index (χ0v) is 21.4. The van der Waals surface area contributed by atoms with E-state index >= 15 is 0 Å². The van der Waals surface area contributed by atoms with Crippen LogP contribution in [0.15, 0.2) is 23.3 Å². The first-order valence-corrected chi connectivity index (χ1v) is 11.6. The molecule has 2 atom stereocenters. The van der Waals surface area contributed by atoms with Crippen LogP contribution in [0, 0.1) is 11.8 Å². The number of nitrogens with one attached hydrogen (secondary N) is 1. The molecule has 2 aliphatic heterocycles. The highest BCUT2D eigenvalue weighted by Gasteiger charge is 2.27. The molecule has 1 aromatic heterocycles. The second-order valence-electron chi connectivity index (χ2n) is 8.17. The number of anilines is 1. The van der Waals surface area contributed by atoms with E-state index in [0.717, 1.165) is 55.6 Å². The molecule has 0 spiro atoms. The van der Waals surface area contributed by atoms with Crippen LogP contribution in [0.2, 0.25) is 0 Å². The van der Waals surface area contributed by atoms with E-state index < -0.39 is 0 Å². The third-order valence-electron chi connectivity index (χ3n) is 5.78. The lowest BCUT2D eigenvalue weighted by atomic mass is 9.97. The molecule has 2 saturated heterocycles. The zero-order chi connectivity index (χ0) is 20.8. The lowest BCUT2D eigenvalue weighted by Crippen LogP contribution is -2.49. The van der Waals surface area contributed by atoms with Crippen LogP contribution < -0.4 is 16.0 Å². The van der Waals surface area contributed by atoms with Crippen molar-refractivity contribution < 1.29 is 4.79 Å². The molecule has 1 amide bonds. The van der Waals surface area contributed by atoms with Gasteiger partial charge in [-0.3, -0.25) is 9.79 Å². The fraction of sp³-hybridized carbons (Fsp3) is 0.667. The number of guanidine groups is 1. The normalized spacial score (nSPS) is 22.6. The van der Waals surface area contributed by atoms with E-state index in [2.05, 4.69) is 56.8 Å². The number of carbonyl (C=O) groups is 1. The summed E-state index contributed by atoms with van der Waals surface area (Å²) in [6.07, 6.45) is 3.64. The Hall–Kier alpha value is -1.23. The summed E-state index contributed by atoms with van der Waals surface area (Å²) < 4.78 is 0. The fourth-order valence-electron chi connectivity index (χ4n) is 4.03. The number of primary amides is 1. The van der Waals surface area contributed by atoms with Crippen LogP contribution in [-0.2, 0) is 11.3 Å². The Morgan fingerprint density at radius 2 is 2.20 bits per heavy atom. The van der Waals surface area contributed by atoms with Crippen molar-refractivity contribution in [2.75, 3.05) is 43.9 Å². The van der Waals surface area contributed by atoms with Gasteiger partial charge in [0.25, 0.3) is 0 Å². The number of hydrogen-bond donors (Lipinski definition) is 2. The van der Waals surface area contributed by atoms with Gasteiger partial charge in [0.05, 0.1) is 5.92 Å². The Bertz CT molecular complexity index is 731. The van der Waals surface area contributed by atoms with Gasteiger partial charge in [-0.15, -0.1) is 24.0 Å². The van der Waals surface area contributed by atoms with Gasteiger partial charge in [-0.25, -0.2) is 4.98 Å². The molecule has 168 valence electrons. The van der Waals surface area contributed by atoms with Gasteiger partial charge >= 0.3 is 0 Å². The number of hydrogen-bond acceptors (Lipinski definition) is 5. The van der Waals surface area contributed by atoms with Crippen LogP contribution >= 0.6 is 35.7 Å². The average Bonchev–Trinajstić information content (AvgIpc) is 2.74. The van der Waals surface area contributed by atoms with E-state index in [9.17, 15) is 4.79 Å². The molecule has 7 nitrogen and oxygen atoms in total. The smallest absolute Gasteiger partial charge is 0.222 e. The van der Waals surface area contributed by atoms with Gasteiger partial charge in [-0.1, -0.05) is 19.9 Å². The van der Waals surface area contributed by atoms with Gasteiger partial charge in [0.1, 0.15) is 5.82 Å². The van der Waals surface area contributed by atoms with Crippen molar-refractivity contribution in [3.63, 3.8) is 0 Å². The molecule has 0 bridgehead atoms. The van der Waals surface area contributed by atoms with Gasteiger partial charge in [-0.05, 0) is 24.8 Å². The first-order chi connectivity index (χ1) is 14.0. The Morgan fingerprint density at radius 3 is 2.90 bits per heavy atom. The maximum atomic E-state index is 11.7. The van der Waals surface area contributed by atoms with Gasteiger partial charge in [0.2, 0.25) is 5.91 Å². The first kappa shape index (κ1) is 25.0. The molecule has 2 unspecified atom stereocenters. The predicted molar refractivity (Wildman–Crippen MR) is 137 cm³/mol. The molecular weight excluding hydrogens is 511 g/mol. The predicted octanol–water partition coefficient (Wildman–Crippen LogP) is 2.55. The lowest BCUT2D eigenvalue weighted by Gasteiger charge is -2.36. The molecule has 0 saturated carbocycles. The maximum absolute atomic E-state index is 11.7. The van der Waals surface area contributed by atoms with Crippen LogP contribution in [0.5, 0.6) is 0 Å². The summed E-state index contributed by atoms with van der Waals surface area (Å²) in [6.45, 7) is 8.82. The van der Waals surface area contributed by atoms with E-state index in [0.29, 0.717) is 24.3 Å². The SMILES string of the molecule is CN=C(NCc1cccnc1N1CCCC(C(N)=O)C1)N1CCSC(C(C)C)C1.I. The van der Waals surface area contributed by atoms with E-state index in [4.69, 9.17) is 5.73 Å². The molecule has 0 aromatic carbocycles. The summed E-state index contributed by atoms with van der Waals surface area (Å²) in [5, 5.41) is 4.17. The Morgan fingerprint density at radius 1 is 1.40 bits per heavy atom. The minimum atomic E-state index is -0.214. The molecule has 1 aromatic rings. The third-order valence-corrected chi connectivity index (χ3v) is 7.32. The van der Waals surface area contributed by atoms with Crippen LogP contribution in [0.3, 0.4) is 0 Å². The van der Waals surface area contributed by atoms with Gasteiger partial charge < -0.3 is 20.9 Å². The largest absolute Gasteiger partial charge is 0.369 e. The molecule has 0 aliphatic carbocycles. The highest BCUT2D eigenvalue weighted by molar-refractivity contribution is 14.0. The van der Waals surface area contributed by atoms with E-state index in [1.54, 1.807) is 0 Å². The quantitative estimate of drug-likeness (QED) is 0.336. The van der Waals surface area contributed by atoms with Crippen molar-refractivity contribution in [1.29, 1.82) is 0 Å². The maximum Gasteiger partial charge on any atom is 0.222 e. The number of carbonyl (C=O) groups excluding carboxylic acids is 1. The average molecular weight is 547 g/mol. The number of thioether (sulfide) groups is 1. The van der Waals surface area contributed by atoms with Gasteiger partial charge in [0.15, 0.2) is 5.96 Å². The Balaban J connectivity index is 0.00000320. The number of amides is 1. The third kappa shape index (κ3) is 6.38. The number of rotatable bonds is 5. The molecule has 2 aliphatic rings. The van der Waals surface area contributed by atoms with Crippen molar-refractivity contribution in [3.8, 4) is 0 Å². The van der Waals surface area contributed by atoms with Crippen molar-refractivity contribution >= 4 is 53.4 Å². The number of nitrogens with zero attached hydrogens (tertiary/aromatic N) is 4. The zero-order valence-electron chi connectivity index (χ0n) is 18.2. The topological polar surface area (TPSA) is 86.9 Å². The Labute approximate surface area is 201 Å². The summed E-state index contributed by atoms with van der Waals surface area (Å²) in [7, 11) is 1.85. The second-order valence-corrected chi connectivity index (χ2v) is 9.52. The molecule has 2 fully saturated rings. The van der Waals surface area contributed by atoms with Gasteiger partial charge in [-0.2, -0.15) is 11.8 Å². The minimum Gasteiger partial charge on any atom is -0.369 e. The number of piperidine rings is 1. The summed E-state index contributed by atoms with van der Waals surface area (Å²) in [4.78, 5) is 25.4. The molecule has 3 N–H and O–H groups in total. The standard InChI is InChI=1S/C21H34N6OS.HI/c1-15(2)18-14-27(10-11-29-18)21(23-3)25-12-16-6-4-8-24-20(16)26-9-5-7-17(13-26)19(22)28;/h4,6,8,15,17-18H,5,7,9-14H2,1-3H3,(H2,22,28)(H,23,25);1H. The van der Waals surface area contributed by atoms with Gasteiger partial charge in [0, 0.05) is 62.5 Å². The Kier molecular flexibility index (Phi) is 9.99. The van der Waals surface area contributed by atoms with Crippen molar-refractivity contribution in [2.45, 2.75) is 38.5 Å². The molecular formula is C21H35IN6OS. The van der Waals surface area contributed by atoms with Crippen molar-refractivity contribution in [1.82, 2.24) is 15.2 Å². The minimum absolute atomic E-state index is 0. The van der Waals surface area contributed by atoms with Crippen molar-refractivity contribution in [2.24, 2.45) is 22.6 Å². The summed E-state index contributed by atoms with van der Waals surface area (Å²) in [5.74, 6) is 3.36. The lowest BCUT2D eigenvalue weighted by molar-refractivity contribution is -0.122. The fourth-order valence-corrected chi connectivity index (χ4v) is 5.33. The van der Waals surface area contributed by atoms with Crippen LogP contribution in [0.1, 0.15) is 32.3 Å². The van der Waals surface area contributed by atoms with Crippen LogP contribution in [0.25, 0.3) is 0 Å². The number of aromatic nitrogens is 1. The second kappa shape index (κ2) is 12.0. The highest BCUT2D eigenvalue weighted by atomic mass is 127. The highest BCUT2D eigenvalue weighted by Crippen LogP contribution is 2.26. The number of nitrogens with two attached hydrogens (primary N) is 1. The monoisotopic (exact) mass is 546 g/mol. The van der Waals surface area contributed by atoms with E-state index in [1.165, 1.54) is 0 Å². The molecule has 0 radical (unpaired) electrons. The molecule has 9 heteroatoms. The first-order valence-electron chi connectivity index (χ1n) is 10.5. The van der Waals surface area contributed by atoms with Crippen LogP contribution in [-0.4, -0.2) is 66.0 Å². The summed E-state index contributed by atoms with van der Waals surface area (Å²) in [6, 6.07) is 4.06. The van der Waals surface area contributed by atoms with E-state index in [1.807, 2.05) is 19.3 Å². The van der Waals surface area contributed by atoms with Crippen molar-refractivity contribution in [3.05, 3.63) is 23.9 Å². The molecule has 3 heterocycles. The number of aliphatic imine (C=N–C) groups is 1. The molecule has 30 heavy (non-hydrogen) atoms. The summed E-state index contributed by atoms with van der Waals surface area (Å²) >= 11 is 2.06. The number of pyridine rings is 1.